The van der Waals surface area contributed by atoms with Gasteiger partial charge >= 0.3 is 0 Å². The number of rotatable bonds is 2. The summed E-state index contributed by atoms with van der Waals surface area (Å²) < 4.78 is 39.7. The van der Waals surface area contributed by atoms with Crippen molar-refractivity contribution >= 4 is 15.9 Å². The third kappa shape index (κ3) is 1.40. The van der Waals surface area contributed by atoms with Crippen molar-refractivity contribution in [2.45, 2.75) is 17.8 Å². The molecule has 1 aromatic rings. The molecule has 1 aliphatic carbocycles. The monoisotopic (exact) mass is 279 g/mol. The lowest BCUT2D eigenvalue weighted by Gasteiger charge is -2.16. The second kappa shape index (κ2) is 3.22. The molecule has 2 rings (SSSR count). The van der Waals surface area contributed by atoms with Crippen LogP contribution in [0.1, 0.15) is 12.0 Å². The molecule has 0 aliphatic heterocycles. The summed E-state index contributed by atoms with van der Waals surface area (Å²) in [5.41, 5.74) is 4.25. The fraction of sp³-hybridized carbons (Fsp3) is 0.400. The van der Waals surface area contributed by atoms with E-state index in [9.17, 15) is 13.2 Å². The Morgan fingerprint density at radius 2 is 2.00 bits per heavy atom. The van der Waals surface area contributed by atoms with Gasteiger partial charge in [0.2, 0.25) is 0 Å². The Kier molecular flexibility index (Phi) is 2.35. The number of halogens is 4. The number of hydrogen-bond donors (Lipinski definition) is 1. The zero-order chi connectivity index (χ0) is 11.3. The predicted molar refractivity (Wildman–Crippen MR) is 54.4 cm³/mol. The fourth-order valence-corrected chi connectivity index (χ4v) is 2.48. The van der Waals surface area contributed by atoms with Crippen molar-refractivity contribution in [2.24, 2.45) is 5.73 Å². The van der Waals surface area contributed by atoms with Gasteiger partial charge in [-0.3, -0.25) is 0 Å². The van der Waals surface area contributed by atoms with Crippen molar-refractivity contribution in [1.82, 2.24) is 0 Å². The lowest BCUT2D eigenvalue weighted by Crippen LogP contribution is -2.27. The average molecular weight is 280 g/mol. The number of hydrogen-bond acceptors (Lipinski definition) is 1. The van der Waals surface area contributed by atoms with E-state index in [1.807, 2.05) is 0 Å². The van der Waals surface area contributed by atoms with Gasteiger partial charge in [0.05, 0.1) is 9.89 Å². The molecular formula is C10H9BrF3N. The molecule has 0 aromatic heterocycles. The molecule has 0 radical (unpaired) electrons. The highest BCUT2D eigenvalue weighted by atomic mass is 79.9. The van der Waals surface area contributed by atoms with Crippen molar-refractivity contribution in [2.75, 3.05) is 6.54 Å². The molecule has 1 nitrogen and oxygen atoms in total. The van der Waals surface area contributed by atoms with Crippen LogP contribution in [0.2, 0.25) is 0 Å². The van der Waals surface area contributed by atoms with Gasteiger partial charge in [-0.05, 0) is 27.6 Å². The van der Waals surface area contributed by atoms with E-state index in [1.165, 1.54) is 18.2 Å². The smallest absolute Gasteiger partial charge is 0.260 e. The van der Waals surface area contributed by atoms with E-state index in [4.69, 9.17) is 5.73 Å². The second-order valence-electron chi connectivity index (χ2n) is 3.77. The summed E-state index contributed by atoms with van der Waals surface area (Å²) in [6, 6.07) is 4.13. The Morgan fingerprint density at radius 1 is 1.40 bits per heavy atom. The Bertz CT molecular complexity index is 408. The molecule has 1 fully saturated rings. The number of nitrogens with two attached hydrogens (primary N) is 1. The van der Waals surface area contributed by atoms with E-state index in [0.717, 1.165) is 0 Å². The topological polar surface area (TPSA) is 26.0 Å². The largest absolute Gasteiger partial charge is 0.329 e. The number of benzene rings is 1. The first-order valence-electron chi connectivity index (χ1n) is 4.47. The zero-order valence-corrected chi connectivity index (χ0v) is 9.32. The third-order valence-corrected chi connectivity index (χ3v) is 3.72. The molecule has 0 heterocycles. The van der Waals surface area contributed by atoms with E-state index >= 15 is 0 Å². The Labute approximate surface area is 93.6 Å². The highest BCUT2D eigenvalue weighted by Gasteiger charge is 2.71. The van der Waals surface area contributed by atoms with E-state index < -0.39 is 17.2 Å². The van der Waals surface area contributed by atoms with E-state index in [1.54, 1.807) is 0 Å². The molecule has 82 valence electrons. The van der Waals surface area contributed by atoms with Gasteiger partial charge in [-0.25, -0.2) is 13.2 Å². The van der Waals surface area contributed by atoms with Gasteiger partial charge in [0.1, 0.15) is 5.82 Å². The van der Waals surface area contributed by atoms with E-state index in [0.29, 0.717) is 0 Å². The van der Waals surface area contributed by atoms with Gasteiger partial charge in [0, 0.05) is 13.0 Å². The zero-order valence-electron chi connectivity index (χ0n) is 7.74. The Morgan fingerprint density at radius 3 is 2.47 bits per heavy atom. The summed E-state index contributed by atoms with van der Waals surface area (Å²) in [5, 5.41) is 0. The fourth-order valence-electron chi connectivity index (χ4n) is 1.83. The van der Waals surface area contributed by atoms with Crippen molar-refractivity contribution in [1.29, 1.82) is 0 Å². The van der Waals surface area contributed by atoms with Gasteiger partial charge in [-0.2, -0.15) is 0 Å². The molecule has 1 saturated carbocycles. The van der Waals surface area contributed by atoms with Crippen LogP contribution < -0.4 is 5.73 Å². The van der Waals surface area contributed by atoms with Crippen LogP contribution in [0.25, 0.3) is 0 Å². The van der Waals surface area contributed by atoms with Crippen LogP contribution in [0.5, 0.6) is 0 Å². The van der Waals surface area contributed by atoms with Gasteiger partial charge in [0.25, 0.3) is 5.92 Å². The maximum atomic E-state index is 13.2. The number of alkyl halides is 2. The molecule has 0 bridgehead atoms. The van der Waals surface area contributed by atoms with Crippen LogP contribution in [0.3, 0.4) is 0 Å². The molecule has 0 amide bonds. The van der Waals surface area contributed by atoms with E-state index in [-0.39, 0.29) is 23.0 Å². The molecule has 1 unspecified atom stereocenters. The van der Waals surface area contributed by atoms with Crippen molar-refractivity contribution in [3.63, 3.8) is 0 Å². The molecular weight excluding hydrogens is 271 g/mol. The molecule has 5 heteroatoms. The molecule has 2 N–H and O–H groups in total. The highest BCUT2D eigenvalue weighted by molar-refractivity contribution is 9.10. The van der Waals surface area contributed by atoms with Gasteiger partial charge in [0.15, 0.2) is 0 Å². The van der Waals surface area contributed by atoms with Gasteiger partial charge in [-0.1, -0.05) is 12.1 Å². The van der Waals surface area contributed by atoms with Crippen LogP contribution in [0.15, 0.2) is 22.7 Å². The first-order valence-corrected chi connectivity index (χ1v) is 5.26. The molecule has 0 saturated heterocycles. The summed E-state index contributed by atoms with van der Waals surface area (Å²) in [4.78, 5) is 0. The molecule has 1 atom stereocenters. The standard InChI is InChI=1S/C10H9BrF3N/c11-8-6(2-1-3-7(8)12)9(5-15)4-10(9,13)14/h1-3H,4-5,15H2. The molecule has 1 aliphatic rings. The van der Waals surface area contributed by atoms with Gasteiger partial charge < -0.3 is 5.73 Å². The molecule has 0 spiro atoms. The van der Waals surface area contributed by atoms with Gasteiger partial charge in [-0.15, -0.1) is 0 Å². The summed E-state index contributed by atoms with van der Waals surface area (Å²) >= 11 is 2.98. The van der Waals surface area contributed by atoms with Crippen LogP contribution in [0.4, 0.5) is 13.2 Å². The van der Waals surface area contributed by atoms with E-state index in [2.05, 4.69) is 15.9 Å². The van der Waals surface area contributed by atoms with Crippen LogP contribution in [-0.2, 0) is 5.41 Å². The first-order chi connectivity index (χ1) is 6.94. The van der Waals surface area contributed by atoms with Crippen LogP contribution >= 0.6 is 15.9 Å². The van der Waals surface area contributed by atoms with Crippen molar-refractivity contribution < 1.29 is 13.2 Å². The predicted octanol–water partition coefficient (Wildman–Crippen LogP) is 2.82. The summed E-state index contributed by atoms with van der Waals surface area (Å²) in [6.07, 6.45) is -0.307. The lowest BCUT2D eigenvalue weighted by atomic mass is 9.95. The Hall–Kier alpha value is -0.550. The van der Waals surface area contributed by atoms with Crippen molar-refractivity contribution in [3.05, 3.63) is 34.1 Å². The average Bonchev–Trinajstić information content (AvgIpc) is 2.74. The Balaban J connectivity index is 2.51. The minimum absolute atomic E-state index is 0.0904. The lowest BCUT2D eigenvalue weighted by molar-refractivity contribution is 0.0894. The third-order valence-electron chi connectivity index (χ3n) is 2.91. The summed E-state index contributed by atoms with van der Waals surface area (Å²) in [6.45, 7) is -0.179. The maximum absolute atomic E-state index is 13.2. The minimum Gasteiger partial charge on any atom is -0.329 e. The van der Waals surface area contributed by atoms with Crippen molar-refractivity contribution in [3.8, 4) is 0 Å². The second-order valence-corrected chi connectivity index (χ2v) is 4.56. The summed E-state index contributed by atoms with van der Waals surface area (Å²) in [7, 11) is 0. The quantitative estimate of drug-likeness (QED) is 0.885. The SMILES string of the molecule is NCC1(c2cccc(F)c2Br)CC1(F)F. The highest BCUT2D eigenvalue weighted by Crippen LogP contribution is 2.62. The minimum atomic E-state index is -2.82. The summed E-state index contributed by atoms with van der Waals surface area (Å²) in [5.74, 6) is -3.36. The molecule has 1 aromatic carbocycles. The first kappa shape index (κ1) is 11.0. The van der Waals surface area contributed by atoms with Crippen LogP contribution in [0, 0.1) is 5.82 Å². The molecule has 15 heavy (non-hydrogen) atoms. The normalized spacial score (nSPS) is 27.8. The maximum Gasteiger partial charge on any atom is 0.260 e. The van der Waals surface area contributed by atoms with Crippen LogP contribution in [-0.4, -0.2) is 12.5 Å².